The molecular weight excluding hydrogens is 255 g/mol. The van der Waals surface area contributed by atoms with Crippen LogP contribution in [0.5, 0.6) is 5.75 Å². The predicted octanol–water partition coefficient (Wildman–Crippen LogP) is 4.40. The van der Waals surface area contributed by atoms with E-state index in [1.165, 1.54) is 25.0 Å². The molecule has 1 N–H and O–H groups in total. The molecule has 2 atom stereocenters. The van der Waals surface area contributed by atoms with Crippen LogP contribution in [0.1, 0.15) is 57.4 Å². The number of halogens is 1. The molecule has 0 amide bonds. The van der Waals surface area contributed by atoms with E-state index in [0.717, 1.165) is 19.3 Å². The molecule has 1 aliphatic rings. The van der Waals surface area contributed by atoms with E-state index in [2.05, 4.69) is 6.92 Å². The van der Waals surface area contributed by atoms with Crippen LogP contribution in [0.3, 0.4) is 0 Å². The third-order valence-electron chi connectivity index (χ3n) is 4.53. The molecule has 0 aliphatic heterocycles. The van der Waals surface area contributed by atoms with Crippen molar-refractivity contribution in [1.82, 2.24) is 0 Å². The molecule has 0 bridgehead atoms. The lowest BCUT2D eigenvalue weighted by atomic mass is 9.85. The third-order valence-corrected chi connectivity index (χ3v) is 4.53. The van der Waals surface area contributed by atoms with Gasteiger partial charge in [0, 0.05) is 5.56 Å². The molecule has 0 spiro atoms. The minimum atomic E-state index is -0.948. The molecule has 0 saturated heterocycles. The van der Waals surface area contributed by atoms with Gasteiger partial charge in [-0.2, -0.15) is 0 Å². The van der Waals surface area contributed by atoms with Gasteiger partial charge in [-0.15, -0.1) is 0 Å². The zero-order valence-corrected chi connectivity index (χ0v) is 12.5. The standard InChI is InChI=1S/C17H25FO2/c1-3-5-13-6-4-10-17(19,11-9-13)15-12-14(18)7-8-16(15)20-2/h7-8,12-13,19H,3-6,9-11H2,1-2H3. The summed E-state index contributed by atoms with van der Waals surface area (Å²) in [5.74, 6) is 0.958. The summed E-state index contributed by atoms with van der Waals surface area (Å²) in [5, 5.41) is 11.0. The summed E-state index contributed by atoms with van der Waals surface area (Å²) in [4.78, 5) is 0. The predicted molar refractivity (Wildman–Crippen MR) is 78.3 cm³/mol. The monoisotopic (exact) mass is 280 g/mol. The first-order valence-electron chi connectivity index (χ1n) is 7.65. The first kappa shape index (κ1) is 15.3. The van der Waals surface area contributed by atoms with Crippen molar-refractivity contribution >= 4 is 0 Å². The number of rotatable bonds is 4. The first-order chi connectivity index (χ1) is 9.59. The Morgan fingerprint density at radius 3 is 2.85 bits per heavy atom. The molecule has 20 heavy (non-hydrogen) atoms. The minimum Gasteiger partial charge on any atom is -0.496 e. The second-order valence-electron chi connectivity index (χ2n) is 5.96. The summed E-state index contributed by atoms with van der Waals surface area (Å²) >= 11 is 0. The maximum atomic E-state index is 13.5. The number of methoxy groups -OCH3 is 1. The summed E-state index contributed by atoms with van der Waals surface area (Å²) in [5.41, 5.74) is -0.340. The fourth-order valence-corrected chi connectivity index (χ4v) is 3.41. The average molecular weight is 280 g/mol. The van der Waals surface area contributed by atoms with Crippen LogP contribution in [0.4, 0.5) is 4.39 Å². The summed E-state index contributed by atoms with van der Waals surface area (Å²) in [6.07, 6.45) is 6.94. The van der Waals surface area contributed by atoms with Crippen LogP contribution in [0.25, 0.3) is 0 Å². The third kappa shape index (κ3) is 3.32. The van der Waals surface area contributed by atoms with Crippen molar-refractivity contribution in [2.24, 2.45) is 5.92 Å². The molecule has 1 fully saturated rings. The van der Waals surface area contributed by atoms with Crippen LogP contribution in [0.15, 0.2) is 18.2 Å². The number of benzene rings is 1. The fourth-order valence-electron chi connectivity index (χ4n) is 3.41. The molecule has 1 aliphatic carbocycles. The number of ether oxygens (including phenoxy) is 1. The van der Waals surface area contributed by atoms with Gasteiger partial charge < -0.3 is 9.84 Å². The second kappa shape index (κ2) is 6.57. The Balaban J connectivity index is 2.24. The van der Waals surface area contributed by atoms with Gasteiger partial charge in [-0.1, -0.05) is 26.2 Å². The first-order valence-corrected chi connectivity index (χ1v) is 7.65. The molecule has 3 heteroatoms. The quantitative estimate of drug-likeness (QED) is 0.828. The summed E-state index contributed by atoms with van der Waals surface area (Å²) < 4.78 is 18.8. The smallest absolute Gasteiger partial charge is 0.125 e. The zero-order chi connectivity index (χ0) is 14.6. The topological polar surface area (TPSA) is 29.5 Å². The molecule has 1 saturated carbocycles. The molecule has 1 aromatic rings. The molecular formula is C17H25FO2. The van der Waals surface area contributed by atoms with Gasteiger partial charge in [0.25, 0.3) is 0 Å². The van der Waals surface area contributed by atoms with E-state index in [0.29, 0.717) is 30.1 Å². The maximum Gasteiger partial charge on any atom is 0.125 e. The zero-order valence-electron chi connectivity index (χ0n) is 12.5. The molecule has 0 aromatic heterocycles. The molecule has 0 radical (unpaired) electrons. The summed E-state index contributed by atoms with van der Waals surface area (Å²) in [6, 6.07) is 4.41. The lowest BCUT2D eigenvalue weighted by Crippen LogP contribution is -2.25. The molecule has 112 valence electrons. The highest BCUT2D eigenvalue weighted by Crippen LogP contribution is 2.42. The number of hydrogen-bond acceptors (Lipinski definition) is 2. The molecule has 2 unspecified atom stereocenters. The van der Waals surface area contributed by atoms with Crippen molar-refractivity contribution in [1.29, 1.82) is 0 Å². The van der Waals surface area contributed by atoms with E-state index < -0.39 is 5.60 Å². The van der Waals surface area contributed by atoms with Gasteiger partial charge in [0.05, 0.1) is 12.7 Å². The Bertz CT molecular complexity index is 447. The van der Waals surface area contributed by atoms with Crippen LogP contribution in [-0.4, -0.2) is 12.2 Å². The Kier molecular flexibility index (Phi) is 5.03. The van der Waals surface area contributed by atoms with Gasteiger partial charge in [-0.25, -0.2) is 4.39 Å². The van der Waals surface area contributed by atoms with E-state index in [1.54, 1.807) is 13.2 Å². The Morgan fingerprint density at radius 2 is 2.15 bits per heavy atom. The molecule has 2 rings (SSSR count). The van der Waals surface area contributed by atoms with E-state index in [-0.39, 0.29) is 5.82 Å². The average Bonchev–Trinajstić information content (AvgIpc) is 2.63. The largest absolute Gasteiger partial charge is 0.496 e. The van der Waals surface area contributed by atoms with Crippen LogP contribution < -0.4 is 4.74 Å². The van der Waals surface area contributed by atoms with Crippen LogP contribution in [-0.2, 0) is 5.60 Å². The second-order valence-corrected chi connectivity index (χ2v) is 5.96. The van der Waals surface area contributed by atoms with E-state index in [1.807, 2.05) is 0 Å². The van der Waals surface area contributed by atoms with Gasteiger partial charge in [-0.3, -0.25) is 0 Å². The van der Waals surface area contributed by atoms with Gasteiger partial charge in [0.1, 0.15) is 11.6 Å². The van der Waals surface area contributed by atoms with Gasteiger partial charge in [0.2, 0.25) is 0 Å². The molecule has 2 nitrogen and oxygen atoms in total. The van der Waals surface area contributed by atoms with Crippen molar-refractivity contribution in [2.45, 2.75) is 57.5 Å². The van der Waals surface area contributed by atoms with Gasteiger partial charge in [0.15, 0.2) is 0 Å². The Hall–Kier alpha value is -1.09. The number of aliphatic hydroxyl groups is 1. The highest BCUT2D eigenvalue weighted by atomic mass is 19.1. The van der Waals surface area contributed by atoms with Gasteiger partial charge in [-0.05, 0) is 49.8 Å². The van der Waals surface area contributed by atoms with Crippen LogP contribution >= 0.6 is 0 Å². The summed E-state index contributed by atoms with van der Waals surface area (Å²) in [6.45, 7) is 2.20. The maximum absolute atomic E-state index is 13.5. The van der Waals surface area contributed by atoms with E-state index in [9.17, 15) is 9.50 Å². The van der Waals surface area contributed by atoms with E-state index in [4.69, 9.17) is 4.74 Å². The lowest BCUT2D eigenvalue weighted by Gasteiger charge is -2.29. The molecule has 0 heterocycles. The van der Waals surface area contributed by atoms with Crippen molar-refractivity contribution < 1.29 is 14.2 Å². The lowest BCUT2D eigenvalue weighted by molar-refractivity contribution is 0.0170. The fraction of sp³-hybridized carbons (Fsp3) is 0.647. The number of hydrogen-bond donors (Lipinski definition) is 1. The highest BCUT2D eigenvalue weighted by Gasteiger charge is 2.35. The highest BCUT2D eigenvalue weighted by molar-refractivity contribution is 5.38. The SMILES string of the molecule is CCCC1CCCC(O)(c2cc(F)ccc2OC)CC1. The summed E-state index contributed by atoms with van der Waals surface area (Å²) in [7, 11) is 1.57. The van der Waals surface area contributed by atoms with Crippen LogP contribution in [0, 0.1) is 11.7 Å². The van der Waals surface area contributed by atoms with Crippen molar-refractivity contribution in [3.05, 3.63) is 29.6 Å². The Labute approximate surface area is 121 Å². The van der Waals surface area contributed by atoms with Crippen molar-refractivity contribution in [2.75, 3.05) is 7.11 Å². The van der Waals surface area contributed by atoms with Crippen molar-refractivity contribution in [3.8, 4) is 5.75 Å². The van der Waals surface area contributed by atoms with E-state index >= 15 is 0 Å². The molecule has 1 aromatic carbocycles. The normalized spacial score (nSPS) is 27.1. The van der Waals surface area contributed by atoms with Crippen molar-refractivity contribution in [3.63, 3.8) is 0 Å². The minimum absolute atomic E-state index is 0.316. The Morgan fingerprint density at radius 1 is 1.35 bits per heavy atom. The van der Waals surface area contributed by atoms with Crippen LogP contribution in [0.2, 0.25) is 0 Å². The van der Waals surface area contributed by atoms with Gasteiger partial charge >= 0.3 is 0 Å².